The Labute approximate surface area is 144 Å². The lowest BCUT2D eigenvalue weighted by atomic mass is 10.1. The summed E-state index contributed by atoms with van der Waals surface area (Å²) in [5, 5.41) is 4.10. The fourth-order valence-electron chi connectivity index (χ4n) is 2.65. The fourth-order valence-corrected chi connectivity index (χ4v) is 2.65. The van der Waals surface area contributed by atoms with Crippen LogP contribution in [0, 0.1) is 6.92 Å². The first-order chi connectivity index (χ1) is 11.7. The van der Waals surface area contributed by atoms with Crippen molar-refractivity contribution in [2.75, 3.05) is 20.3 Å². The van der Waals surface area contributed by atoms with Crippen LogP contribution in [0.15, 0.2) is 28.8 Å². The maximum Gasteiger partial charge on any atom is 0.161 e. The van der Waals surface area contributed by atoms with Crippen molar-refractivity contribution in [3.63, 3.8) is 0 Å². The molecule has 0 saturated heterocycles. The van der Waals surface area contributed by atoms with Gasteiger partial charge in [0, 0.05) is 19.2 Å². The molecular weight excluding hydrogens is 304 g/mol. The van der Waals surface area contributed by atoms with Crippen LogP contribution in [0.5, 0.6) is 11.5 Å². The van der Waals surface area contributed by atoms with Crippen molar-refractivity contribution in [3.8, 4) is 11.5 Å². The van der Waals surface area contributed by atoms with E-state index in [9.17, 15) is 0 Å². The maximum atomic E-state index is 5.72. The van der Waals surface area contributed by atoms with E-state index in [4.69, 9.17) is 14.0 Å². The quantitative estimate of drug-likeness (QED) is 0.653. The van der Waals surface area contributed by atoms with Gasteiger partial charge in [-0.1, -0.05) is 25.1 Å². The van der Waals surface area contributed by atoms with Crippen molar-refractivity contribution in [2.45, 2.75) is 46.7 Å². The molecule has 0 unspecified atom stereocenters. The van der Waals surface area contributed by atoms with Crippen LogP contribution in [0.1, 0.15) is 43.7 Å². The summed E-state index contributed by atoms with van der Waals surface area (Å²) in [6.45, 7) is 9.51. The number of ether oxygens (including phenoxy) is 2. The van der Waals surface area contributed by atoms with Crippen molar-refractivity contribution in [1.82, 2.24) is 10.1 Å². The standard InChI is InChI=1S/C19H28N2O3/c1-5-9-21(14-17-11-15(3)24-20-17)13-16-7-8-18(23-10-6-2)19(12-16)22-4/h7-8,11-12H,5-6,9-10,13-14H2,1-4H3. The van der Waals surface area contributed by atoms with Crippen molar-refractivity contribution in [2.24, 2.45) is 0 Å². The number of aromatic nitrogens is 1. The van der Waals surface area contributed by atoms with Gasteiger partial charge in [0.2, 0.25) is 0 Å². The molecule has 2 rings (SSSR count). The molecule has 0 aliphatic carbocycles. The Morgan fingerprint density at radius 1 is 1.08 bits per heavy atom. The van der Waals surface area contributed by atoms with E-state index in [1.807, 2.05) is 19.1 Å². The highest BCUT2D eigenvalue weighted by Gasteiger charge is 2.12. The third-order valence-electron chi connectivity index (χ3n) is 3.70. The van der Waals surface area contributed by atoms with Gasteiger partial charge in [-0.25, -0.2) is 0 Å². The summed E-state index contributed by atoms with van der Waals surface area (Å²) >= 11 is 0. The molecule has 24 heavy (non-hydrogen) atoms. The third-order valence-corrected chi connectivity index (χ3v) is 3.70. The van der Waals surface area contributed by atoms with E-state index >= 15 is 0 Å². The molecule has 0 atom stereocenters. The molecule has 1 aromatic heterocycles. The Balaban J connectivity index is 2.07. The Kier molecular flexibility index (Phi) is 7.12. The predicted molar refractivity (Wildman–Crippen MR) is 94.4 cm³/mol. The molecule has 0 spiro atoms. The molecule has 0 bridgehead atoms. The fraction of sp³-hybridized carbons (Fsp3) is 0.526. The zero-order valence-electron chi connectivity index (χ0n) is 15.2. The summed E-state index contributed by atoms with van der Waals surface area (Å²) < 4.78 is 16.4. The third kappa shape index (κ3) is 5.27. The second-order valence-electron chi connectivity index (χ2n) is 5.97. The van der Waals surface area contributed by atoms with Crippen LogP contribution in [-0.2, 0) is 13.1 Å². The molecule has 1 aromatic carbocycles. The zero-order valence-corrected chi connectivity index (χ0v) is 15.2. The lowest BCUT2D eigenvalue weighted by molar-refractivity contribution is 0.247. The Bertz CT molecular complexity index is 625. The van der Waals surface area contributed by atoms with E-state index in [-0.39, 0.29) is 0 Å². The summed E-state index contributed by atoms with van der Waals surface area (Å²) in [4.78, 5) is 2.36. The molecule has 132 valence electrons. The van der Waals surface area contributed by atoms with E-state index < -0.39 is 0 Å². The maximum absolute atomic E-state index is 5.72. The lowest BCUT2D eigenvalue weighted by Crippen LogP contribution is -2.23. The minimum atomic E-state index is 0.698. The predicted octanol–water partition coefficient (Wildman–Crippen LogP) is 4.19. The highest BCUT2D eigenvalue weighted by atomic mass is 16.5. The average Bonchev–Trinajstić information content (AvgIpc) is 2.98. The van der Waals surface area contributed by atoms with Gasteiger partial charge >= 0.3 is 0 Å². The summed E-state index contributed by atoms with van der Waals surface area (Å²) in [5.74, 6) is 2.44. The van der Waals surface area contributed by atoms with Crippen molar-refractivity contribution < 1.29 is 14.0 Å². The van der Waals surface area contributed by atoms with Crippen LogP contribution < -0.4 is 9.47 Å². The second-order valence-corrected chi connectivity index (χ2v) is 5.97. The molecular formula is C19H28N2O3. The monoisotopic (exact) mass is 332 g/mol. The van der Waals surface area contributed by atoms with Crippen LogP contribution in [0.25, 0.3) is 0 Å². The van der Waals surface area contributed by atoms with Gasteiger partial charge in [-0.05, 0) is 44.0 Å². The lowest BCUT2D eigenvalue weighted by Gasteiger charge is -2.21. The molecule has 2 aromatic rings. The van der Waals surface area contributed by atoms with E-state index in [1.54, 1.807) is 7.11 Å². The molecule has 0 amide bonds. The first-order valence-corrected chi connectivity index (χ1v) is 8.60. The number of aryl methyl sites for hydroxylation is 1. The van der Waals surface area contributed by atoms with Crippen LogP contribution in [0.4, 0.5) is 0 Å². The van der Waals surface area contributed by atoms with Gasteiger partial charge < -0.3 is 14.0 Å². The molecule has 0 fully saturated rings. The Morgan fingerprint density at radius 2 is 1.92 bits per heavy atom. The topological polar surface area (TPSA) is 47.7 Å². The Hall–Kier alpha value is -2.01. The van der Waals surface area contributed by atoms with Crippen LogP contribution in [-0.4, -0.2) is 30.3 Å². The summed E-state index contributed by atoms with van der Waals surface area (Å²) in [6.07, 6.45) is 2.07. The largest absolute Gasteiger partial charge is 0.493 e. The van der Waals surface area contributed by atoms with Crippen molar-refractivity contribution in [1.29, 1.82) is 0 Å². The van der Waals surface area contributed by atoms with E-state index in [0.717, 1.165) is 55.4 Å². The molecule has 5 heteroatoms. The molecule has 0 aliphatic heterocycles. The highest BCUT2D eigenvalue weighted by molar-refractivity contribution is 5.43. The molecule has 0 N–H and O–H groups in total. The normalized spacial score (nSPS) is 11.0. The van der Waals surface area contributed by atoms with Gasteiger partial charge in [0.05, 0.1) is 19.4 Å². The first kappa shape index (κ1) is 18.3. The number of nitrogens with zero attached hydrogens (tertiary/aromatic N) is 2. The SMILES string of the molecule is CCCOc1ccc(CN(CCC)Cc2cc(C)on2)cc1OC. The number of hydrogen-bond acceptors (Lipinski definition) is 5. The summed E-state index contributed by atoms with van der Waals surface area (Å²) in [5.41, 5.74) is 2.17. The van der Waals surface area contributed by atoms with Gasteiger partial charge in [0.1, 0.15) is 5.76 Å². The number of methoxy groups -OCH3 is 1. The minimum Gasteiger partial charge on any atom is -0.493 e. The molecule has 0 aliphatic rings. The van der Waals surface area contributed by atoms with Crippen molar-refractivity contribution >= 4 is 0 Å². The summed E-state index contributed by atoms with van der Waals surface area (Å²) in [6, 6.07) is 8.14. The zero-order chi connectivity index (χ0) is 17.4. The van der Waals surface area contributed by atoms with Crippen LogP contribution >= 0.6 is 0 Å². The Morgan fingerprint density at radius 3 is 2.54 bits per heavy atom. The van der Waals surface area contributed by atoms with Crippen LogP contribution in [0.3, 0.4) is 0 Å². The van der Waals surface area contributed by atoms with Crippen molar-refractivity contribution in [3.05, 3.63) is 41.3 Å². The molecule has 0 saturated carbocycles. The van der Waals surface area contributed by atoms with Crippen LogP contribution in [0.2, 0.25) is 0 Å². The number of hydrogen-bond donors (Lipinski definition) is 0. The van der Waals surface area contributed by atoms with E-state index in [2.05, 4.69) is 36.0 Å². The second kappa shape index (κ2) is 9.33. The molecule has 0 radical (unpaired) electrons. The number of benzene rings is 1. The van der Waals surface area contributed by atoms with E-state index in [1.165, 1.54) is 5.56 Å². The highest BCUT2D eigenvalue weighted by Crippen LogP contribution is 2.29. The van der Waals surface area contributed by atoms with E-state index in [0.29, 0.717) is 6.61 Å². The molecule has 1 heterocycles. The first-order valence-electron chi connectivity index (χ1n) is 8.60. The van der Waals surface area contributed by atoms with Gasteiger partial charge in [0.25, 0.3) is 0 Å². The van der Waals surface area contributed by atoms with Gasteiger partial charge in [-0.15, -0.1) is 0 Å². The van der Waals surface area contributed by atoms with Gasteiger partial charge in [0.15, 0.2) is 11.5 Å². The summed E-state index contributed by atoms with van der Waals surface area (Å²) in [7, 11) is 1.68. The van der Waals surface area contributed by atoms with Gasteiger partial charge in [-0.3, -0.25) is 4.90 Å². The smallest absolute Gasteiger partial charge is 0.161 e. The number of rotatable bonds is 10. The van der Waals surface area contributed by atoms with Gasteiger partial charge in [-0.2, -0.15) is 0 Å². The molecule has 5 nitrogen and oxygen atoms in total. The average molecular weight is 332 g/mol. The minimum absolute atomic E-state index is 0.698.